The van der Waals surface area contributed by atoms with Crippen molar-refractivity contribution in [2.45, 2.75) is 13.7 Å². The molecule has 0 bridgehead atoms. The topological polar surface area (TPSA) is 33.2 Å². The molecule has 0 spiro atoms. The van der Waals surface area contributed by atoms with Gasteiger partial charge in [-0.05, 0) is 42.6 Å². The molecule has 0 radical (unpaired) electrons. The highest BCUT2D eigenvalue weighted by Crippen LogP contribution is 2.40. The zero-order valence-electron chi connectivity index (χ0n) is 16.3. The smallest absolute Gasteiger partial charge is 0.404 e. The molecule has 5 rings (SSSR count). The van der Waals surface area contributed by atoms with E-state index in [1.165, 1.54) is 16.7 Å². The quantitative estimate of drug-likeness (QED) is 0.372. The van der Waals surface area contributed by atoms with E-state index in [-0.39, 0.29) is 6.85 Å². The average Bonchev–Trinajstić information content (AvgIpc) is 3.08. The number of aromatic nitrogens is 2. The van der Waals surface area contributed by atoms with Gasteiger partial charge in [0.1, 0.15) is 0 Å². The lowest BCUT2D eigenvalue weighted by Gasteiger charge is -2.23. The summed E-state index contributed by atoms with van der Waals surface area (Å²) in [5.74, 6) is 4.15. The first-order chi connectivity index (χ1) is 13.6. The predicted molar refractivity (Wildman–Crippen MR) is 115 cm³/mol. The van der Waals surface area contributed by atoms with Crippen LogP contribution < -0.4 is 9.38 Å². The van der Waals surface area contributed by atoms with Crippen molar-refractivity contribution < 1.29 is 8.98 Å². The van der Waals surface area contributed by atoms with Crippen molar-refractivity contribution in [2.75, 3.05) is 4.81 Å². The Bertz CT molecular complexity index is 1210. The fourth-order valence-corrected chi connectivity index (χ4v) is 4.04. The third kappa shape index (κ3) is 2.54. The maximum atomic E-state index is 6.21. The van der Waals surface area contributed by atoms with Crippen molar-refractivity contribution in [1.29, 1.82) is 0 Å². The van der Waals surface area contributed by atoms with E-state index < -0.39 is 0 Å². The maximum Gasteiger partial charge on any atom is 0.405 e. The molecule has 4 heterocycles. The molecule has 0 unspecified atom stereocenters. The fraction of sp³-hybridized carbons (Fsp3) is 0.130. The summed E-state index contributed by atoms with van der Waals surface area (Å²) in [7, 11) is 2.09. The largest absolute Gasteiger partial charge is 0.405 e. The molecule has 0 fully saturated rings. The highest BCUT2D eigenvalue weighted by atomic mass is 16.4. The van der Waals surface area contributed by atoms with Gasteiger partial charge in [0, 0.05) is 12.3 Å². The minimum absolute atomic E-state index is 0.172. The number of rotatable bonds is 2. The van der Waals surface area contributed by atoms with Gasteiger partial charge in [0.05, 0.1) is 24.2 Å². The lowest BCUT2D eigenvalue weighted by atomic mass is 9.61. The second kappa shape index (κ2) is 6.38. The van der Waals surface area contributed by atoms with E-state index in [0.29, 0.717) is 5.71 Å². The Hall–Kier alpha value is -3.34. The van der Waals surface area contributed by atoms with Crippen LogP contribution in [0.3, 0.4) is 0 Å². The summed E-state index contributed by atoms with van der Waals surface area (Å²) in [6.07, 6.45) is 6.10. The molecular formula is C23H21BN3O+. The molecule has 1 aliphatic heterocycles. The molecule has 1 aromatic carbocycles. The van der Waals surface area contributed by atoms with E-state index in [9.17, 15) is 0 Å². The third-order valence-electron chi connectivity index (χ3n) is 5.43. The zero-order chi connectivity index (χ0) is 19.3. The van der Waals surface area contributed by atoms with Crippen LogP contribution in [0.1, 0.15) is 11.1 Å². The molecule has 0 N–H and O–H groups in total. The standard InChI is InChI=1S/C23H21BN3O/c1-16-15-26(3)21(14-20(16)17-8-5-4-6-9-17)27-23-19(11-12-24(27)2)18-10-7-13-25-22(18)28-23/h4-15H,1-3H3/q+1. The van der Waals surface area contributed by atoms with Crippen molar-refractivity contribution in [2.24, 2.45) is 7.05 Å². The molecule has 4 aromatic rings. The minimum atomic E-state index is 0.172. The van der Waals surface area contributed by atoms with Crippen molar-refractivity contribution in [1.82, 2.24) is 4.98 Å². The van der Waals surface area contributed by atoms with Gasteiger partial charge >= 0.3 is 6.85 Å². The fourth-order valence-electron chi connectivity index (χ4n) is 4.04. The van der Waals surface area contributed by atoms with Crippen LogP contribution in [0.25, 0.3) is 28.3 Å². The third-order valence-corrected chi connectivity index (χ3v) is 5.43. The Morgan fingerprint density at radius 2 is 1.93 bits per heavy atom. The van der Waals surface area contributed by atoms with Gasteiger partial charge < -0.3 is 4.42 Å². The molecular weight excluding hydrogens is 345 g/mol. The Labute approximate surface area is 164 Å². The van der Waals surface area contributed by atoms with Crippen LogP contribution in [-0.2, 0) is 7.05 Å². The number of anilines is 2. The van der Waals surface area contributed by atoms with Crippen LogP contribution in [-0.4, -0.2) is 11.8 Å². The summed E-state index contributed by atoms with van der Waals surface area (Å²) in [4.78, 5) is 6.66. The number of benzene rings is 1. The molecule has 28 heavy (non-hydrogen) atoms. The number of hydrogen-bond donors (Lipinski definition) is 0. The van der Waals surface area contributed by atoms with E-state index in [4.69, 9.17) is 4.42 Å². The van der Waals surface area contributed by atoms with E-state index in [2.05, 4.69) is 89.8 Å². The van der Waals surface area contributed by atoms with Crippen LogP contribution in [0.5, 0.6) is 0 Å². The van der Waals surface area contributed by atoms with Crippen LogP contribution in [0.4, 0.5) is 11.7 Å². The SMILES string of the molecule is CB1C=Cc2c(oc3ncccc23)N1c1cc(-c2ccccc2)c(C)c[n+]1C. The molecule has 3 aromatic heterocycles. The van der Waals surface area contributed by atoms with Crippen LogP contribution in [0.15, 0.2) is 71.3 Å². The normalized spacial score (nSPS) is 13.2. The highest BCUT2D eigenvalue weighted by molar-refractivity contribution is 6.69. The number of fused-ring (bicyclic) bond motifs is 3. The van der Waals surface area contributed by atoms with E-state index in [0.717, 1.165) is 22.7 Å². The van der Waals surface area contributed by atoms with E-state index in [1.54, 1.807) is 6.20 Å². The summed E-state index contributed by atoms with van der Waals surface area (Å²) >= 11 is 0. The number of furan rings is 1. The summed E-state index contributed by atoms with van der Waals surface area (Å²) in [5.41, 5.74) is 5.45. The average molecular weight is 366 g/mol. The second-order valence-electron chi connectivity index (χ2n) is 7.35. The van der Waals surface area contributed by atoms with Gasteiger partial charge in [-0.25, -0.2) is 9.55 Å². The first-order valence-corrected chi connectivity index (χ1v) is 9.54. The monoisotopic (exact) mass is 366 g/mol. The van der Waals surface area contributed by atoms with Gasteiger partial charge in [-0.15, -0.1) is 0 Å². The first-order valence-electron chi connectivity index (χ1n) is 9.54. The van der Waals surface area contributed by atoms with Gasteiger partial charge in [-0.3, -0.25) is 4.81 Å². The summed E-state index contributed by atoms with van der Waals surface area (Å²) < 4.78 is 8.38. The molecule has 5 heteroatoms. The lowest BCUT2D eigenvalue weighted by Crippen LogP contribution is -2.43. The Kier molecular flexibility index (Phi) is 3.83. The minimum Gasteiger partial charge on any atom is -0.404 e. The van der Waals surface area contributed by atoms with Gasteiger partial charge in [0.2, 0.25) is 5.71 Å². The summed E-state index contributed by atoms with van der Waals surface area (Å²) in [6.45, 7) is 4.51. The second-order valence-corrected chi connectivity index (χ2v) is 7.35. The van der Waals surface area contributed by atoms with Crippen molar-refractivity contribution >= 4 is 35.7 Å². The van der Waals surface area contributed by atoms with Crippen molar-refractivity contribution in [3.8, 4) is 11.1 Å². The molecule has 0 amide bonds. The first kappa shape index (κ1) is 16.8. The van der Waals surface area contributed by atoms with Gasteiger partial charge in [0.25, 0.3) is 11.7 Å². The molecule has 136 valence electrons. The Balaban J connectivity index is 1.72. The predicted octanol–water partition coefficient (Wildman–Crippen LogP) is 4.95. The molecule has 4 nitrogen and oxygen atoms in total. The number of pyridine rings is 2. The Morgan fingerprint density at radius 3 is 2.75 bits per heavy atom. The number of nitrogens with zero attached hydrogens (tertiary/aromatic N) is 3. The van der Waals surface area contributed by atoms with E-state index in [1.807, 2.05) is 12.1 Å². The van der Waals surface area contributed by atoms with Gasteiger partial charge in [0.15, 0.2) is 0 Å². The molecule has 0 saturated heterocycles. The van der Waals surface area contributed by atoms with Crippen molar-refractivity contribution in [3.05, 3.63) is 78.0 Å². The van der Waals surface area contributed by atoms with Gasteiger partial charge in [-0.1, -0.05) is 42.4 Å². The van der Waals surface area contributed by atoms with Crippen LogP contribution in [0, 0.1) is 6.92 Å². The molecule has 0 atom stereocenters. The maximum absolute atomic E-state index is 6.21. The van der Waals surface area contributed by atoms with E-state index >= 15 is 0 Å². The molecule has 0 saturated carbocycles. The number of hydrogen-bond acceptors (Lipinski definition) is 3. The summed E-state index contributed by atoms with van der Waals surface area (Å²) in [5, 5.41) is 1.05. The number of aryl methyl sites for hydroxylation is 2. The van der Waals surface area contributed by atoms with Crippen molar-refractivity contribution in [3.63, 3.8) is 0 Å². The van der Waals surface area contributed by atoms with Crippen LogP contribution >= 0.6 is 0 Å². The highest BCUT2D eigenvalue weighted by Gasteiger charge is 2.37. The molecule has 1 aliphatic rings. The Morgan fingerprint density at radius 1 is 1.11 bits per heavy atom. The van der Waals surface area contributed by atoms with Gasteiger partial charge in [-0.2, -0.15) is 0 Å². The molecule has 0 aliphatic carbocycles. The lowest BCUT2D eigenvalue weighted by molar-refractivity contribution is -0.658. The zero-order valence-corrected chi connectivity index (χ0v) is 16.3. The van der Waals surface area contributed by atoms with Crippen LogP contribution in [0.2, 0.25) is 6.82 Å². The summed E-state index contributed by atoms with van der Waals surface area (Å²) in [6, 6.07) is 16.8.